The molecule has 3 heterocycles. The third kappa shape index (κ3) is 2.02. The van der Waals surface area contributed by atoms with Crippen LogP contribution in [0.5, 0.6) is 0 Å². The molecule has 0 saturated carbocycles. The van der Waals surface area contributed by atoms with Crippen molar-refractivity contribution in [1.29, 1.82) is 0 Å². The fraction of sp³-hybridized carbons (Fsp3) is 0.462. The highest BCUT2D eigenvalue weighted by Gasteiger charge is 2.43. The fourth-order valence-corrected chi connectivity index (χ4v) is 2.80. The van der Waals surface area contributed by atoms with E-state index in [-0.39, 0.29) is 29.4 Å². The number of hydrogen-bond donors (Lipinski definition) is 4. The van der Waals surface area contributed by atoms with Gasteiger partial charge in [-0.1, -0.05) is 6.92 Å². The molecule has 0 bridgehead atoms. The van der Waals surface area contributed by atoms with Crippen LogP contribution in [-0.2, 0) is 4.74 Å². The maximum absolute atomic E-state index is 11.4. The highest BCUT2D eigenvalue weighted by Crippen LogP contribution is 2.38. The number of aromatic carboxylic acids is 1. The quantitative estimate of drug-likeness (QED) is 0.590. The molecule has 0 unspecified atom stereocenters. The van der Waals surface area contributed by atoms with Gasteiger partial charge in [0.2, 0.25) is 0 Å². The van der Waals surface area contributed by atoms with Gasteiger partial charge in [-0.2, -0.15) is 5.10 Å². The number of carbonyl (C=O) groups is 1. The third-order valence-corrected chi connectivity index (χ3v) is 4.07. The molecule has 0 radical (unpaired) electrons. The summed E-state index contributed by atoms with van der Waals surface area (Å²) in [5.41, 5.74) is 6.19. The first kappa shape index (κ1) is 14.7. The van der Waals surface area contributed by atoms with Gasteiger partial charge in [-0.15, -0.1) is 0 Å². The van der Waals surface area contributed by atoms with Crippen LogP contribution in [0.3, 0.4) is 0 Å². The van der Waals surface area contributed by atoms with E-state index in [1.165, 1.54) is 16.9 Å². The van der Waals surface area contributed by atoms with E-state index in [1.54, 1.807) is 6.92 Å². The van der Waals surface area contributed by atoms with Gasteiger partial charge in [0, 0.05) is 5.92 Å². The van der Waals surface area contributed by atoms with Crippen LogP contribution < -0.4 is 5.73 Å². The maximum Gasteiger partial charge on any atom is 0.338 e. The first-order chi connectivity index (χ1) is 10.5. The van der Waals surface area contributed by atoms with Gasteiger partial charge in [0.25, 0.3) is 0 Å². The number of aliphatic hydroxyl groups excluding tert-OH is 2. The number of ether oxygens (including phenoxy) is 1. The van der Waals surface area contributed by atoms with Crippen LogP contribution in [0.4, 0.5) is 5.82 Å². The second kappa shape index (κ2) is 5.20. The van der Waals surface area contributed by atoms with Gasteiger partial charge >= 0.3 is 5.97 Å². The Kier molecular flexibility index (Phi) is 3.47. The molecular formula is C13H16N4O5. The van der Waals surface area contributed by atoms with Crippen molar-refractivity contribution in [3.05, 3.63) is 23.7 Å². The number of hydrogen-bond acceptors (Lipinski definition) is 7. The number of aromatic nitrogens is 3. The second-order valence-electron chi connectivity index (χ2n) is 5.32. The molecule has 2 aromatic heterocycles. The zero-order valence-corrected chi connectivity index (χ0v) is 11.7. The molecule has 9 heteroatoms. The van der Waals surface area contributed by atoms with Gasteiger partial charge in [-0.25, -0.2) is 14.3 Å². The predicted octanol–water partition coefficient (Wildman–Crippen LogP) is -0.561. The topological polar surface area (TPSA) is 143 Å². The monoisotopic (exact) mass is 308 g/mol. The Morgan fingerprint density at radius 3 is 2.86 bits per heavy atom. The number of nitrogens with zero attached hydrogens (tertiary/aromatic N) is 3. The van der Waals surface area contributed by atoms with Crippen LogP contribution in [0.2, 0.25) is 0 Å². The molecule has 0 spiro atoms. The number of rotatable bonds is 3. The summed E-state index contributed by atoms with van der Waals surface area (Å²) >= 11 is 0. The molecule has 5 N–H and O–H groups in total. The standard InChI is InChI=1S/C13H16N4O5/c1-5-8(3-18)22-11(10(5)19)7-2-6(13(20)21)9-12(14)15-4-16-17(7)9/h2,4-5,8,10-11,18-19H,3H2,1H3,(H,20,21)(H2,14,15,16)/t5-,8-,10+,11+/m1/s1. The van der Waals surface area contributed by atoms with Crippen LogP contribution >= 0.6 is 0 Å². The Bertz CT molecular complexity index is 731. The van der Waals surface area contributed by atoms with E-state index >= 15 is 0 Å². The number of carboxylic acids is 1. The zero-order chi connectivity index (χ0) is 16.0. The molecule has 1 fully saturated rings. The van der Waals surface area contributed by atoms with E-state index < -0.39 is 24.3 Å². The summed E-state index contributed by atoms with van der Waals surface area (Å²) in [4.78, 5) is 15.2. The average molecular weight is 308 g/mol. The lowest BCUT2D eigenvalue weighted by molar-refractivity contribution is -0.0152. The van der Waals surface area contributed by atoms with Gasteiger partial charge in [-0.3, -0.25) is 0 Å². The lowest BCUT2D eigenvalue weighted by Crippen LogP contribution is -2.24. The lowest BCUT2D eigenvalue weighted by Gasteiger charge is -2.14. The smallest absolute Gasteiger partial charge is 0.338 e. The molecule has 118 valence electrons. The summed E-state index contributed by atoms with van der Waals surface area (Å²) < 4.78 is 6.96. The molecule has 2 aromatic rings. The molecule has 0 aliphatic carbocycles. The highest BCUT2D eigenvalue weighted by molar-refractivity contribution is 5.99. The van der Waals surface area contributed by atoms with Crippen molar-refractivity contribution in [1.82, 2.24) is 14.6 Å². The van der Waals surface area contributed by atoms with Gasteiger partial charge in [0.05, 0.1) is 30.1 Å². The van der Waals surface area contributed by atoms with Crippen LogP contribution in [0, 0.1) is 5.92 Å². The summed E-state index contributed by atoms with van der Waals surface area (Å²) in [6, 6.07) is 1.36. The van der Waals surface area contributed by atoms with Gasteiger partial charge < -0.3 is 25.8 Å². The number of anilines is 1. The molecule has 9 nitrogen and oxygen atoms in total. The van der Waals surface area contributed by atoms with E-state index in [1.807, 2.05) is 0 Å². The largest absolute Gasteiger partial charge is 0.478 e. The van der Waals surface area contributed by atoms with Crippen molar-refractivity contribution in [2.24, 2.45) is 5.92 Å². The molecular weight excluding hydrogens is 292 g/mol. The Morgan fingerprint density at radius 2 is 2.27 bits per heavy atom. The summed E-state index contributed by atoms with van der Waals surface area (Å²) in [5.74, 6) is -1.45. The van der Waals surface area contributed by atoms with Crippen molar-refractivity contribution in [3.63, 3.8) is 0 Å². The second-order valence-corrected chi connectivity index (χ2v) is 5.32. The van der Waals surface area contributed by atoms with Crippen LogP contribution in [0.15, 0.2) is 12.4 Å². The van der Waals surface area contributed by atoms with Crippen molar-refractivity contribution in [2.45, 2.75) is 25.2 Å². The summed E-state index contributed by atoms with van der Waals surface area (Å²) in [5, 5.41) is 32.9. The average Bonchev–Trinajstić information content (AvgIpc) is 3.00. The molecule has 1 saturated heterocycles. The molecule has 22 heavy (non-hydrogen) atoms. The van der Waals surface area contributed by atoms with Crippen molar-refractivity contribution >= 4 is 17.3 Å². The minimum Gasteiger partial charge on any atom is -0.478 e. The SMILES string of the molecule is C[C@H]1[C@H](O)[C@H](c2cc(C(=O)O)c3c(N)ncnn23)O[C@@H]1CO. The van der Waals surface area contributed by atoms with E-state index in [2.05, 4.69) is 10.1 Å². The van der Waals surface area contributed by atoms with Crippen LogP contribution in [0.1, 0.15) is 29.1 Å². The van der Waals surface area contributed by atoms with Crippen LogP contribution in [0.25, 0.3) is 5.52 Å². The number of nitrogens with two attached hydrogens (primary N) is 1. The van der Waals surface area contributed by atoms with E-state index in [0.717, 1.165) is 0 Å². The van der Waals surface area contributed by atoms with Crippen molar-refractivity contribution < 1.29 is 24.9 Å². The summed E-state index contributed by atoms with van der Waals surface area (Å²) in [6.07, 6.45) is -1.03. The number of nitrogen functional groups attached to an aromatic ring is 1. The Hall–Kier alpha value is -2.23. The first-order valence-corrected chi connectivity index (χ1v) is 6.75. The van der Waals surface area contributed by atoms with Crippen molar-refractivity contribution in [2.75, 3.05) is 12.3 Å². The number of fused-ring (bicyclic) bond motifs is 1. The Morgan fingerprint density at radius 1 is 1.55 bits per heavy atom. The fourth-order valence-electron chi connectivity index (χ4n) is 2.80. The maximum atomic E-state index is 11.4. The molecule has 0 amide bonds. The number of carboxylic acid groups (broad SMARTS) is 1. The van der Waals surface area contributed by atoms with Crippen molar-refractivity contribution in [3.8, 4) is 0 Å². The molecule has 1 aliphatic rings. The van der Waals surface area contributed by atoms with E-state index in [0.29, 0.717) is 5.69 Å². The first-order valence-electron chi connectivity index (χ1n) is 6.75. The van der Waals surface area contributed by atoms with E-state index in [4.69, 9.17) is 10.5 Å². The molecule has 3 rings (SSSR count). The molecule has 1 aliphatic heterocycles. The zero-order valence-electron chi connectivity index (χ0n) is 11.7. The Labute approximate surface area is 125 Å². The third-order valence-electron chi connectivity index (χ3n) is 4.07. The lowest BCUT2D eigenvalue weighted by atomic mass is 9.97. The van der Waals surface area contributed by atoms with E-state index in [9.17, 15) is 20.1 Å². The predicted molar refractivity (Wildman–Crippen MR) is 74.2 cm³/mol. The van der Waals surface area contributed by atoms with Gasteiger partial charge in [-0.05, 0) is 6.07 Å². The molecule has 0 aromatic carbocycles. The summed E-state index contributed by atoms with van der Waals surface area (Å²) in [7, 11) is 0. The normalized spacial score (nSPS) is 28.3. The molecule has 4 atom stereocenters. The van der Waals surface area contributed by atoms with Crippen LogP contribution in [-0.4, -0.2) is 54.7 Å². The van der Waals surface area contributed by atoms with Gasteiger partial charge in [0.1, 0.15) is 17.9 Å². The summed E-state index contributed by atoms with van der Waals surface area (Å²) in [6.45, 7) is 1.52. The minimum atomic E-state index is -1.18. The minimum absolute atomic E-state index is 0.0258. The number of aliphatic hydroxyl groups is 2. The Balaban J connectivity index is 2.16. The highest BCUT2D eigenvalue weighted by atomic mass is 16.5. The van der Waals surface area contributed by atoms with Gasteiger partial charge in [0.15, 0.2) is 5.82 Å².